The summed E-state index contributed by atoms with van der Waals surface area (Å²) in [5.74, 6) is -0.165. The SMILES string of the molecule is CC.CCc1ccc2[nH]c(C(=O)NCCNC=O)cc2c1.CCc1ccccc1.Cc1ccccc1. The first-order chi connectivity index (χ1) is 17.6. The van der Waals surface area contributed by atoms with Crippen LogP contribution in [0.4, 0.5) is 0 Å². The van der Waals surface area contributed by atoms with Gasteiger partial charge in [0, 0.05) is 24.0 Å². The lowest BCUT2D eigenvalue weighted by Crippen LogP contribution is -2.31. The molecule has 4 rings (SSSR count). The second kappa shape index (κ2) is 18.5. The van der Waals surface area contributed by atoms with Crippen LogP contribution in [0.1, 0.15) is 54.9 Å². The lowest BCUT2D eigenvalue weighted by molar-refractivity contribution is -0.109. The number of H-pyrrole nitrogens is 1. The van der Waals surface area contributed by atoms with Crippen LogP contribution in [0.2, 0.25) is 0 Å². The minimum Gasteiger partial charge on any atom is -0.357 e. The zero-order valence-electron chi connectivity index (χ0n) is 22.3. The van der Waals surface area contributed by atoms with Gasteiger partial charge in [0.2, 0.25) is 6.41 Å². The van der Waals surface area contributed by atoms with Crippen LogP contribution < -0.4 is 10.6 Å². The molecule has 0 unspecified atom stereocenters. The maximum Gasteiger partial charge on any atom is 0.267 e. The quantitative estimate of drug-likeness (QED) is 0.206. The normalized spacial score (nSPS) is 9.36. The van der Waals surface area contributed by atoms with E-state index in [2.05, 4.69) is 84.9 Å². The van der Waals surface area contributed by atoms with E-state index in [1.54, 1.807) is 0 Å². The molecule has 5 nitrogen and oxygen atoms in total. The lowest BCUT2D eigenvalue weighted by atomic mass is 10.1. The second-order valence-corrected chi connectivity index (χ2v) is 7.78. The van der Waals surface area contributed by atoms with E-state index in [0.29, 0.717) is 25.2 Å². The average Bonchev–Trinajstić information content (AvgIpc) is 3.37. The van der Waals surface area contributed by atoms with Crippen molar-refractivity contribution in [2.45, 2.75) is 47.5 Å². The highest BCUT2D eigenvalue weighted by Crippen LogP contribution is 2.17. The zero-order chi connectivity index (χ0) is 26.6. The van der Waals surface area contributed by atoms with Gasteiger partial charge >= 0.3 is 0 Å². The van der Waals surface area contributed by atoms with E-state index in [1.165, 1.54) is 16.7 Å². The van der Waals surface area contributed by atoms with Crippen LogP contribution in [0.5, 0.6) is 0 Å². The molecule has 5 heteroatoms. The smallest absolute Gasteiger partial charge is 0.267 e. The Morgan fingerprint density at radius 3 is 1.92 bits per heavy atom. The van der Waals surface area contributed by atoms with Crippen LogP contribution in [0, 0.1) is 6.92 Å². The number of fused-ring (bicyclic) bond motifs is 1. The molecule has 0 aliphatic rings. The molecule has 0 aliphatic carbocycles. The molecule has 1 heterocycles. The summed E-state index contributed by atoms with van der Waals surface area (Å²) in [5, 5.41) is 6.26. The number of hydrogen-bond acceptors (Lipinski definition) is 2. The summed E-state index contributed by atoms with van der Waals surface area (Å²) in [4.78, 5) is 25.0. The highest BCUT2D eigenvalue weighted by molar-refractivity contribution is 5.98. The molecular formula is C31H41N3O2. The second-order valence-electron chi connectivity index (χ2n) is 7.78. The maximum atomic E-state index is 11.9. The molecule has 36 heavy (non-hydrogen) atoms. The van der Waals surface area contributed by atoms with Crippen molar-refractivity contribution >= 4 is 23.2 Å². The summed E-state index contributed by atoms with van der Waals surface area (Å²) in [7, 11) is 0. The summed E-state index contributed by atoms with van der Waals surface area (Å²) in [6, 6.07) is 28.7. The van der Waals surface area contributed by atoms with Crippen molar-refractivity contribution in [3.8, 4) is 0 Å². The third-order valence-corrected chi connectivity index (χ3v) is 5.17. The van der Waals surface area contributed by atoms with Crippen molar-refractivity contribution < 1.29 is 9.59 Å². The number of amides is 2. The predicted octanol–water partition coefficient (Wildman–Crippen LogP) is 6.48. The Bertz CT molecular complexity index is 1120. The van der Waals surface area contributed by atoms with E-state index >= 15 is 0 Å². The monoisotopic (exact) mass is 487 g/mol. The zero-order valence-corrected chi connectivity index (χ0v) is 22.3. The third kappa shape index (κ3) is 11.5. The van der Waals surface area contributed by atoms with Crippen LogP contribution in [-0.2, 0) is 17.6 Å². The van der Waals surface area contributed by atoms with Crippen LogP contribution in [0.25, 0.3) is 10.9 Å². The van der Waals surface area contributed by atoms with Gasteiger partial charge < -0.3 is 15.6 Å². The number of nitrogens with one attached hydrogen (secondary N) is 3. The number of aryl methyl sites for hydroxylation is 3. The molecule has 0 bridgehead atoms. The Hall–Kier alpha value is -3.86. The van der Waals surface area contributed by atoms with Crippen molar-refractivity contribution in [3.63, 3.8) is 0 Å². The minimum atomic E-state index is -0.165. The van der Waals surface area contributed by atoms with Crippen molar-refractivity contribution in [1.29, 1.82) is 0 Å². The number of rotatable bonds is 7. The minimum absolute atomic E-state index is 0.165. The fourth-order valence-corrected chi connectivity index (χ4v) is 3.17. The van der Waals surface area contributed by atoms with E-state index in [1.807, 2.05) is 50.2 Å². The molecule has 0 fully saturated rings. The molecule has 192 valence electrons. The van der Waals surface area contributed by atoms with Gasteiger partial charge in [0.15, 0.2) is 0 Å². The van der Waals surface area contributed by atoms with Gasteiger partial charge in [-0.2, -0.15) is 0 Å². The van der Waals surface area contributed by atoms with E-state index in [0.717, 1.165) is 23.7 Å². The number of aromatic amines is 1. The molecule has 0 saturated carbocycles. The largest absolute Gasteiger partial charge is 0.357 e. The van der Waals surface area contributed by atoms with Gasteiger partial charge in [-0.25, -0.2) is 0 Å². The molecule has 2 amide bonds. The molecule has 0 atom stereocenters. The van der Waals surface area contributed by atoms with Gasteiger partial charge in [-0.15, -0.1) is 0 Å². The Kier molecular flexibility index (Phi) is 15.5. The summed E-state index contributed by atoms with van der Waals surface area (Å²) >= 11 is 0. The first kappa shape index (κ1) is 30.2. The Balaban J connectivity index is 0.000000312. The van der Waals surface area contributed by atoms with Gasteiger partial charge in [0.05, 0.1) is 0 Å². The number of aromatic nitrogens is 1. The highest BCUT2D eigenvalue weighted by atomic mass is 16.2. The molecule has 3 N–H and O–H groups in total. The third-order valence-electron chi connectivity index (χ3n) is 5.17. The molecule has 0 radical (unpaired) electrons. The van der Waals surface area contributed by atoms with Crippen molar-refractivity contribution in [3.05, 3.63) is 107 Å². The first-order valence-corrected chi connectivity index (χ1v) is 12.7. The standard InChI is InChI=1S/C14H17N3O2.C8H10.C7H8.C2H6/c1-2-10-3-4-12-11(7-10)8-13(17-12)14(19)16-6-5-15-9-18;1-2-8-6-4-3-5-7-8;1-7-5-3-2-4-6-7;1-2/h3-4,7-9,17H,2,5-6H2,1H3,(H,15,18)(H,16,19);3-7H,2H2,1H3;2-6H,1H3;1-2H3. The average molecular weight is 488 g/mol. The van der Waals surface area contributed by atoms with Crippen molar-refractivity contribution in [2.24, 2.45) is 0 Å². The number of benzene rings is 3. The predicted molar refractivity (Wildman–Crippen MR) is 152 cm³/mol. The molecule has 0 saturated heterocycles. The Morgan fingerprint density at radius 1 is 0.806 bits per heavy atom. The number of carbonyl (C=O) groups excluding carboxylic acids is 2. The lowest BCUT2D eigenvalue weighted by Gasteiger charge is -2.02. The fraction of sp³-hybridized carbons (Fsp3) is 0.290. The van der Waals surface area contributed by atoms with Gasteiger partial charge in [-0.3, -0.25) is 9.59 Å². The van der Waals surface area contributed by atoms with E-state index < -0.39 is 0 Å². The number of carbonyl (C=O) groups is 2. The van der Waals surface area contributed by atoms with Crippen LogP contribution in [-0.4, -0.2) is 30.4 Å². The first-order valence-electron chi connectivity index (χ1n) is 12.7. The molecule has 1 aromatic heterocycles. The van der Waals surface area contributed by atoms with Crippen LogP contribution in [0.3, 0.4) is 0 Å². The van der Waals surface area contributed by atoms with Gasteiger partial charge in [-0.05, 0) is 49.1 Å². The number of hydrogen-bond donors (Lipinski definition) is 3. The summed E-state index contributed by atoms with van der Waals surface area (Å²) < 4.78 is 0. The van der Waals surface area contributed by atoms with Crippen molar-refractivity contribution in [2.75, 3.05) is 13.1 Å². The highest BCUT2D eigenvalue weighted by Gasteiger charge is 2.08. The molecule has 4 aromatic rings. The topological polar surface area (TPSA) is 74.0 Å². The van der Waals surface area contributed by atoms with Gasteiger partial charge in [0.1, 0.15) is 5.69 Å². The van der Waals surface area contributed by atoms with Gasteiger partial charge in [0.25, 0.3) is 5.91 Å². The Morgan fingerprint density at radius 2 is 1.42 bits per heavy atom. The fourth-order valence-electron chi connectivity index (χ4n) is 3.17. The van der Waals surface area contributed by atoms with Crippen molar-refractivity contribution in [1.82, 2.24) is 15.6 Å². The summed E-state index contributed by atoms with van der Waals surface area (Å²) in [5.41, 5.74) is 5.46. The van der Waals surface area contributed by atoms with Crippen LogP contribution >= 0.6 is 0 Å². The Labute approximate surface area is 216 Å². The molecule has 0 aliphatic heterocycles. The molecule has 3 aromatic carbocycles. The van der Waals surface area contributed by atoms with Gasteiger partial charge in [-0.1, -0.05) is 100.0 Å². The maximum absolute atomic E-state index is 11.9. The van der Waals surface area contributed by atoms with E-state index in [4.69, 9.17) is 0 Å². The summed E-state index contributed by atoms with van der Waals surface area (Å²) in [6.07, 6.45) is 2.72. The molecule has 0 spiro atoms. The summed E-state index contributed by atoms with van der Waals surface area (Å²) in [6.45, 7) is 11.2. The molecular weight excluding hydrogens is 446 g/mol. The van der Waals surface area contributed by atoms with E-state index in [9.17, 15) is 9.59 Å². The van der Waals surface area contributed by atoms with Crippen LogP contribution in [0.15, 0.2) is 84.9 Å². The van der Waals surface area contributed by atoms with E-state index in [-0.39, 0.29) is 5.91 Å².